The molecule has 0 radical (unpaired) electrons. The smallest absolute Gasteiger partial charge is 0.326 e. The molecule has 2 saturated heterocycles. The lowest BCUT2D eigenvalue weighted by molar-refractivity contribution is -0.153. The van der Waals surface area contributed by atoms with Gasteiger partial charge in [0.2, 0.25) is 5.91 Å². The van der Waals surface area contributed by atoms with Crippen LogP contribution >= 0.6 is 0 Å². The van der Waals surface area contributed by atoms with Gasteiger partial charge in [-0.05, 0) is 12.1 Å². The van der Waals surface area contributed by atoms with E-state index >= 15 is 0 Å². The lowest BCUT2D eigenvalue weighted by Gasteiger charge is -2.23. The van der Waals surface area contributed by atoms with Crippen molar-refractivity contribution >= 4 is 29.4 Å². The minimum absolute atomic E-state index is 0.0327. The molecule has 0 spiro atoms. The number of carbonyl (C=O) groups is 3. The van der Waals surface area contributed by atoms with Crippen LogP contribution in [0.25, 0.3) is 11.0 Å². The van der Waals surface area contributed by atoms with Crippen LogP contribution in [-0.4, -0.2) is 71.3 Å². The molecule has 1 aromatic heterocycles. The van der Waals surface area contributed by atoms with Crippen LogP contribution in [0.15, 0.2) is 29.1 Å². The van der Waals surface area contributed by atoms with E-state index in [-0.39, 0.29) is 43.0 Å². The molecule has 2 fully saturated rings. The number of benzene rings is 1. The zero-order valence-electron chi connectivity index (χ0n) is 16.0. The molecule has 156 valence electrons. The summed E-state index contributed by atoms with van der Waals surface area (Å²) in [5, 5.41) is 6.89. The summed E-state index contributed by atoms with van der Waals surface area (Å²) in [6.45, 7) is 1.59. The summed E-state index contributed by atoms with van der Waals surface area (Å²) in [6.07, 6.45) is 0.201. The molecular weight excluding hydrogens is 382 g/mol. The van der Waals surface area contributed by atoms with E-state index in [0.29, 0.717) is 26.2 Å². The number of aryl methyl sites for hydroxylation is 1. The van der Waals surface area contributed by atoms with E-state index in [1.165, 1.54) is 7.11 Å². The van der Waals surface area contributed by atoms with E-state index in [1.807, 2.05) is 24.3 Å². The first-order chi connectivity index (χ1) is 14.0. The zero-order chi connectivity index (χ0) is 21.0. The number of carboxylic acid groups (broad SMARTS) is 1. The molecule has 2 aliphatic heterocycles. The molecule has 29 heavy (non-hydrogen) atoms. The molecule has 3 heterocycles. The minimum atomic E-state index is -0.748. The van der Waals surface area contributed by atoms with Crippen LogP contribution in [0.1, 0.15) is 6.42 Å². The lowest BCUT2D eigenvalue weighted by Crippen LogP contribution is -2.41. The van der Waals surface area contributed by atoms with E-state index in [9.17, 15) is 14.4 Å². The molecule has 10 nitrogen and oxygen atoms in total. The normalized spacial score (nSPS) is 22.7. The number of methoxy groups -OCH3 is 1. The maximum atomic E-state index is 12.7. The number of nitrogens with zero attached hydrogens (tertiary/aromatic N) is 2. The molecule has 1 amide bonds. The zero-order valence-corrected chi connectivity index (χ0v) is 16.0. The summed E-state index contributed by atoms with van der Waals surface area (Å²) in [5.74, 6) is -0.419. The van der Waals surface area contributed by atoms with Gasteiger partial charge in [-0.1, -0.05) is 12.1 Å². The Morgan fingerprint density at radius 1 is 1.41 bits per heavy atom. The molecule has 4 rings (SSSR count). The maximum absolute atomic E-state index is 12.7. The highest BCUT2D eigenvalue weighted by Crippen LogP contribution is 2.42. The van der Waals surface area contributed by atoms with Crippen molar-refractivity contribution in [1.29, 1.82) is 0 Å². The number of para-hydroxylation sites is 2. The number of likely N-dealkylation sites (tertiary alicyclic amines) is 1. The third kappa shape index (κ3) is 3.75. The van der Waals surface area contributed by atoms with Gasteiger partial charge in [-0.3, -0.25) is 19.0 Å². The maximum Gasteiger partial charge on any atom is 0.326 e. The van der Waals surface area contributed by atoms with Crippen molar-refractivity contribution < 1.29 is 29.0 Å². The van der Waals surface area contributed by atoms with Crippen LogP contribution in [0.3, 0.4) is 0 Å². The molecular formula is C19H23N3O7. The van der Waals surface area contributed by atoms with Gasteiger partial charge in [0.05, 0.1) is 31.4 Å². The number of aromatic nitrogens is 2. The number of fused-ring (bicyclic) bond motifs is 2. The van der Waals surface area contributed by atoms with Crippen LogP contribution in [-0.2, 0) is 30.4 Å². The van der Waals surface area contributed by atoms with Crippen LogP contribution in [0.5, 0.6) is 0 Å². The summed E-state index contributed by atoms with van der Waals surface area (Å²) in [4.78, 5) is 49.9. The van der Waals surface area contributed by atoms with E-state index in [4.69, 9.17) is 19.4 Å². The Labute approximate surface area is 166 Å². The molecule has 0 aliphatic carbocycles. The Hall–Kier alpha value is -3.14. The first kappa shape index (κ1) is 20.6. The topological polar surface area (TPSA) is 131 Å². The van der Waals surface area contributed by atoms with E-state index < -0.39 is 5.41 Å². The van der Waals surface area contributed by atoms with Gasteiger partial charge in [0, 0.05) is 32.0 Å². The van der Waals surface area contributed by atoms with Gasteiger partial charge in [-0.15, -0.1) is 0 Å². The summed E-state index contributed by atoms with van der Waals surface area (Å²) < 4.78 is 12.0. The average Bonchev–Trinajstić information content (AvgIpc) is 3.36. The first-order valence-corrected chi connectivity index (χ1v) is 9.16. The molecule has 2 N–H and O–H groups in total. The Bertz CT molecular complexity index is 966. The van der Waals surface area contributed by atoms with Gasteiger partial charge in [-0.25, -0.2) is 4.79 Å². The number of hydrogen-bond donors (Lipinski definition) is 2. The number of imidazole rings is 1. The Balaban J connectivity index is 0.000000755. The van der Waals surface area contributed by atoms with Crippen LogP contribution < -0.4 is 5.69 Å². The number of esters is 1. The quantitative estimate of drug-likeness (QED) is 0.543. The minimum Gasteiger partial charge on any atom is -0.483 e. The highest BCUT2D eigenvalue weighted by molar-refractivity contribution is 5.82. The van der Waals surface area contributed by atoms with E-state index in [1.54, 1.807) is 9.47 Å². The van der Waals surface area contributed by atoms with Gasteiger partial charge >= 0.3 is 11.7 Å². The fourth-order valence-electron chi connectivity index (χ4n) is 4.11. The van der Waals surface area contributed by atoms with Gasteiger partial charge in [0.15, 0.2) is 0 Å². The molecule has 0 unspecified atom stereocenters. The largest absolute Gasteiger partial charge is 0.483 e. The predicted octanol–water partition coefficient (Wildman–Crippen LogP) is 0.0685. The Morgan fingerprint density at radius 2 is 2.14 bits per heavy atom. The van der Waals surface area contributed by atoms with Crippen molar-refractivity contribution in [1.82, 2.24) is 14.5 Å². The number of H-pyrrole nitrogens is 1. The number of ether oxygens (including phenoxy) is 2. The Morgan fingerprint density at radius 3 is 2.86 bits per heavy atom. The number of rotatable bonds is 4. The molecule has 10 heteroatoms. The molecule has 2 aliphatic rings. The summed E-state index contributed by atoms with van der Waals surface area (Å²) >= 11 is 0. The van der Waals surface area contributed by atoms with E-state index in [2.05, 4.69) is 4.98 Å². The number of nitrogens with one attached hydrogen (secondary N) is 1. The van der Waals surface area contributed by atoms with Crippen molar-refractivity contribution in [3.63, 3.8) is 0 Å². The summed E-state index contributed by atoms with van der Waals surface area (Å²) in [7, 11) is 1.36. The van der Waals surface area contributed by atoms with Gasteiger partial charge in [0.1, 0.15) is 5.41 Å². The van der Waals surface area contributed by atoms with Gasteiger partial charge < -0.3 is 24.5 Å². The number of aromatic amines is 1. The monoisotopic (exact) mass is 405 g/mol. The Kier molecular flexibility index (Phi) is 6.02. The fourth-order valence-corrected chi connectivity index (χ4v) is 4.11. The average molecular weight is 405 g/mol. The molecule has 0 saturated carbocycles. The van der Waals surface area contributed by atoms with Crippen LogP contribution in [0, 0.1) is 11.3 Å². The molecule has 2 aromatic rings. The number of hydrogen-bond acceptors (Lipinski definition) is 6. The van der Waals surface area contributed by atoms with Crippen molar-refractivity contribution in [3.05, 3.63) is 34.7 Å². The second-order valence-electron chi connectivity index (χ2n) is 7.09. The highest BCUT2D eigenvalue weighted by atomic mass is 16.5. The molecule has 0 bridgehead atoms. The van der Waals surface area contributed by atoms with Crippen molar-refractivity contribution in [2.24, 2.45) is 11.3 Å². The van der Waals surface area contributed by atoms with Crippen molar-refractivity contribution in [2.75, 3.05) is 33.4 Å². The SMILES string of the molecule is COC(=O)[C@@]12COC[C@@H]1CN(C(=O)CCn1c(=O)[nH]c3ccccc31)C2.O=CO. The van der Waals surface area contributed by atoms with Crippen molar-refractivity contribution in [3.8, 4) is 0 Å². The molecule has 2 atom stereocenters. The van der Waals surface area contributed by atoms with Gasteiger partial charge in [0.25, 0.3) is 6.47 Å². The highest BCUT2D eigenvalue weighted by Gasteiger charge is 2.57. The van der Waals surface area contributed by atoms with Gasteiger partial charge in [-0.2, -0.15) is 0 Å². The van der Waals surface area contributed by atoms with Crippen molar-refractivity contribution in [2.45, 2.75) is 13.0 Å². The lowest BCUT2D eigenvalue weighted by atomic mass is 9.81. The predicted molar refractivity (Wildman–Crippen MR) is 101 cm³/mol. The number of amides is 1. The summed E-state index contributed by atoms with van der Waals surface area (Å²) in [6, 6.07) is 7.39. The summed E-state index contributed by atoms with van der Waals surface area (Å²) in [5.41, 5.74) is 0.560. The third-order valence-corrected chi connectivity index (χ3v) is 5.55. The fraction of sp³-hybridized carbons (Fsp3) is 0.474. The second kappa shape index (κ2) is 8.48. The van der Waals surface area contributed by atoms with E-state index in [0.717, 1.165) is 11.0 Å². The third-order valence-electron chi connectivity index (χ3n) is 5.55. The molecule has 1 aromatic carbocycles. The van der Waals surface area contributed by atoms with Crippen LogP contribution in [0.4, 0.5) is 0 Å². The first-order valence-electron chi connectivity index (χ1n) is 9.16. The standard InChI is InChI=1S/C18H21N3O5.CH2O2/c1-25-16(23)18-10-20(8-12(18)9-26-11-18)15(22)6-7-21-14-5-3-2-4-13(14)19-17(21)24;2-1-3/h2-5,12H,6-11H2,1H3,(H,19,24);1H,(H,2,3)/t12-,18-;/m0./s1. The number of carbonyl (C=O) groups excluding carboxylic acids is 2. The van der Waals surface area contributed by atoms with Crippen LogP contribution in [0.2, 0.25) is 0 Å². The second-order valence-corrected chi connectivity index (χ2v) is 7.09.